The highest BCUT2D eigenvalue weighted by molar-refractivity contribution is 6.74. The lowest BCUT2D eigenvalue weighted by molar-refractivity contribution is -0.124. The minimum absolute atomic E-state index is 0.00419. The Hall–Kier alpha value is -0.256. The van der Waals surface area contributed by atoms with E-state index >= 15 is 0 Å². The Morgan fingerprint density at radius 2 is 1.44 bits per heavy atom. The van der Waals surface area contributed by atoms with Crippen LogP contribution in [-0.2, 0) is 18.4 Å². The second kappa shape index (κ2) is 8.24. The van der Waals surface area contributed by atoms with Crippen molar-refractivity contribution in [3.63, 3.8) is 0 Å². The summed E-state index contributed by atoms with van der Waals surface area (Å²) in [5, 5.41) is 12.9. The van der Waals surface area contributed by atoms with Crippen molar-refractivity contribution in [2.75, 3.05) is 6.61 Å². The quantitative estimate of drug-likeness (QED) is 0.643. The summed E-state index contributed by atoms with van der Waals surface area (Å²) in [6, 6.07) is -0.442. The van der Waals surface area contributed by atoms with E-state index in [2.05, 4.69) is 73.0 Å². The van der Waals surface area contributed by atoms with Crippen LogP contribution in [0.2, 0.25) is 36.3 Å². The van der Waals surface area contributed by atoms with Crippen LogP contribution in [0.15, 0.2) is 0 Å². The molecule has 1 rings (SSSR count). The normalized spacial score (nSPS) is 27.7. The van der Waals surface area contributed by atoms with Crippen molar-refractivity contribution >= 4 is 22.5 Å². The molecule has 8 heteroatoms. The van der Waals surface area contributed by atoms with E-state index in [-0.39, 0.29) is 22.6 Å². The van der Waals surface area contributed by atoms with Crippen LogP contribution in [0, 0.1) is 0 Å². The fourth-order valence-electron chi connectivity index (χ4n) is 2.49. The maximum absolute atomic E-state index is 11.9. The maximum Gasteiger partial charge on any atom is 0.217 e. The molecule has 4 atom stereocenters. The minimum Gasteiger partial charge on any atom is -0.409 e. The third-order valence-electron chi connectivity index (χ3n) is 6.33. The Kier molecular flexibility index (Phi) is 7.56. The number of rotatable bonds is 6. The molecule has 1 aliphatic heterocycles. The summed E-state index contributed by atoms with van der Waals surface area (Å²) in [7, 11) is -4.26. The summed E-state index contributed by atoms with van der Waals surface area (Å²) >= 11 is 0. The first-order chi connectivity index (χ1) is 11.9. The molecule has 1 heterocycles. The molecule has 0 bridgehead atoms. The number of aliphatic hydroxyl groups is 1. The molecule has 0 saturated carbocycles. The number of amides is 1. The van der Waals surface area contributed by atoms with Gasteiger partial charge in [-0.15, -0.1) is 0 Å². The first-order valence-electron chi connectivity index (χ1n) is 9.82. The Labute approximate surface area is 167 Å². The maximum atomic E-state index is 11.9. The second-order valence-electron chi connectivity index (χ2n) is 10.7. The highest BCUT2D eigenvalue weighted by Crippen LogP contribution is 2.42. The van der Waals surface area contributed by atoms with Gasteiger partial charge in [0.05, 0.1) is 12.7 Å². The minimum atomic E-state index is -2.13. The largest absolute Gasteiger partial charge is 0.409 e. The third kappa shape index (κ3) is 5.87. The molecule has 1 saturated heterocycles. The predicted molar refractivity (Wildman–Crippen MR) is 114 cm³/mol. The molecule has 0 aromatic rings. The Morgan fingerprint density at radius 3 is 1.81 bits per heavy atom. The van der Waals surface area contributed by atoms with Gasteiger partial charge in [0.1, 0.15) is 12.1 Å². The molecule has 1 fully saturated rings. The van der Waals surface area contributed by atoms with Crippen LogP contribution < -0.4 is 5.32 Å². The van der Waals surface area contributed by atoms with Crippen molar-refractivity contribution in [3.8, 4) is 0 Å². The molecule has 0 unspecified atom stereocenters. The number of carbonyl (C=O) groups is 1. The molecular formula is C19H41NO5Si2. The van der Waals surface area contributed by atoms with E-state index in [0.29, 0.717) is 0 Å². The van der Waals surface area contributed by atoms with E-state index in [1.165, 1.54) is 6.92 Å². The predicted octanol–water partition coefficient (Wildman–Crippen LogP) is 3.62. The van der Waals surface area contributed by atoms with Gasteiger partial charge in [0.25, 0.3) is 0 Å². The van der Waals surface area contributed by atoms with E-state index in [1.54, 1.807) is 0 Å². The lowest BCUT2D eigenvalue weighted by Crippen LogP contribution is -2.56. The average molecular weight is 420 g/mol. The molecule has 0 aromatic carbocycles. The SMILES string of the molecule is CC(=O)N[C@H]1[C@@H](O[Si](C)(C)C(C)(C)C)O[C@H](CO)[C@H]1O[Si](C)(C)C(C)(C)C. The van der Waals surface area contributed by atoms with Crippen LogP contribution in [0.1, 0.15) is 48.5 Å². The van der Waals surface area contributed by atoms with Gasteiger partial charge in [0.15, 0.2) is 22.9 Å². The standard InChI is InChI=1S/C19H41NO5Si2/c1-13(22)20-15-16(24-26(8,9)18(2,3)4)14(12-21)23-17(15)25-27(10,11)19(5,6)7/h14-17,21H,12H2,1-11H3,(H,20,22)/t14-,15-,16-,17-/m1/s1. The first kappa shape index (κ1) is 24.8. The molecule has 2 N–H and O–H groups in total. The molecular weight excluding hydrogens is 378 g/mol. The third-order valence-corrected chi connectivity index (χ3v) is 15.2. The van der Waals surface area contributed by atoms with Crippen LogP contribution in [0.5, 0.6) is 0 Å². The van der Waals surface area contributed by atoms with Gasteiger partial charge in [-0.3, -0.25) is 4.79 Å². The van der Waals surface area contributed by atoms with Crippen LogP contribution in [0.3, 0.4) is 0 Å². The summed E-state index contributed by atoms with van der Waals surface area (Å²) in [4.78, 5) is 11.9. The zero-order valence-corrected chi connectivity index (χ0v) is 21.1. The van der Waals surface area contributed by atoms with Gasteiger partial charge in [-0.25, -0.2) is 0 Å². The fourth-order valence-corrected chi connectivity index (χ4v) is 4.96. The number of hydrogen-bond donors (Lipinski definition) is 2. The van der Waals surface area contributed by atoms with E-state index in [0.717, 1.165) is 0 Å². The van der Waals surface area contributed by atoms with Gasteiger partial charge in [0.2, 0.25) is 5.91 Å². The van der Waals surface area contributed by atoms with Crippen LogP contribution in [0.25, 0.3) is 0 Å². The van der Waals surface area contributed by atoms with E-state index in [4.69, 9.17) is 13.6 Å². The summed E-state index contributed by atoms with van der Waals surface area (Å²) < 4.78 is 19.1. The lowest BCUT2D eigenvalue weighted by atomic mass is 10.1. The molecule has 0 aliphatic carbocycles. The van der Waals surface area contributed by atoms with Crippen molar-refractivity contribution in [3.05, 3.63) is 0 Å². The number of nitrogens with one attached hydrogen (secondary N) is 1. The first-order valence-corrected chi connectivity index (χ1v) is 15.6. The Morgan fingerprint density at radius 1 is 1.00 bits per heavy atom. The van der Waals surface area contributed by atoms with Crippen molar-refractivity contribution < 1.29 is 23.5 Å². The van der Waals surface area contributed by atoms with Crippen LogP contribution in [0.4, 0.5) is 0 Å². The van der Waals surface area contributed by atoms with Gasteiger partial charge in [-0.05, 0) is 36.3 Å². The Bertz CT molecular complexity index is 525. The van der Waals surface area contributed by atoms with Gasteiger partial charge in [-0.1, -0.05) is 41.5 Å². The summed E-state index contributed by atoms with van der Waals surface area (Å²) in [5.41, 5.74) is 0. The second-order valence-corrected chi connectivity index (χ2v) is 20.2. The molecule has 160 valence electrons. The van der Waals surface area contributed by atoms with E-state index in [9.17, 15) is 9.90 Å². The van der Waals surface area contributed by atoms with Gasteiger partial charge >= 0.3 is 0 Å². The number of hydrogen-bond acceptors (Lipinski definition) is 5. The lowest BCUT2D eigenvalue weighted by Gasteiger charge is -2.41. The number of aliphatic hydroxyl groups excluding tert-OH is 1. The zero-order valence-electron chi connectivity index (χ0n) is 19.1. The molecule has 0 spiro atoms. The van der Waals surface area contributed by atoms with Gasteiger partial charge < -0.3 is 24.0 Å². The summed E-state index contributed by atoms with van der Waals surface area (Å²) in [6.07, 6.45) is -1.58. The van der Waals surface area contributed by atoms with Crippen molar-refractivity contribution in [2.45, 2.75) is 109 Å². The average Bonchev–Trinajstić information content (AvgIpc) is 2.72. The van der Waals surface area contributed by atoms with Crippen molar-refractivity contribution in [1.82, 2.24) is 5.32 Å². The molecule has 0 aromatic heterocycles. The fraction of sp³-hybridized carbons (Fsp3) is 0.947. The topological polar surface area (TPSA) is 77.0 Å². The zero-order chi connectivity index (χ0) is 21.4. The Balaban J connectivity index is 3.19. The molecule has 0 radical (unpaired) electrons. The van der Waals surface area contributed by atoms with E-state index < -0.39 is 41.2 Å². The number of ether oxygens (including phenoxy) is 1. The smallest absolute Gasteiger partial charge is 0.217 e. The summed E-state index contributed by atoms with van der Waals surface area (Å²) in [6.45, 7) is 22.9. The highest BCUT2D eigenvalue weighted by Gasteiger charge is 2.53. The molecule has 6 nitrogen and oxygen atoms in total. The van der Waals surface area contributed by atoms with Crippen LogP contribution in [-0.4, -0.2) is 58.8 Å². The summed E-state index contributed by atoms with van der Waals surface area (Å²) in [5.74, 6) is -0.158. The van der Waals surface area contributed by atoms with E-state index in [1.807, 2.05) is 0 Å². The molecule has 1 aliphatic rings. The van der Waals surface area contributed by atoms with Gasteiger partial charge in [0, 0.05) is 6.92 Å². The van der Waals surface area contributed by atoms with Crippen molar-refractivity contribution in [1.29, 1.82) is 0 Å². The highest BCUT2D eigenvalue weighted by atomic mass is 28.4. The van der Waals surface area contributed by atoms with Crippen molar-refractivity contribution in [2.24, 2.45) is 0 Å². The molecule has 1 amide bonds. The monoisotopic (exact) mass is 419 g/mol. The number of carbonyl (C=O) groups excluding carboxylic acids is 1. The van der Waals surface area contributed by atoms with Gasteiger partial charge in [-0.2, -0.15) is 0 Å². The van der Waals surface area contributed by atoms with Crippen LogP contribution >= 0.6 is 0 Å². The molecule has 27 heavy (non-hydrogen) atoms.